The summed E-state index contributed by atoms with van der Waals surface area (Å²) in [6.45, 7) is 9.26. The molecule has 0 spiro atoms. The van der Waals surface area contributed by atoms with Crippen LogP contribution >= 0.6 is 0 Å². The number of hydrogen-bond acceptors (Lipinski definition) is 7. The zero-order valence-corrected chi connectivity index (χ0v) is 20.8. The molecular weight excluding hydrogens is 512 g/mol. The topological polar surface area (TPSA) is 128 Å². The summed E-state index contributed by atoms with van der Waals surface area (Å²) in [5.74, 6) is -2.15. The molecule has 5 heterocycles. The fourth-order valence-corrected chi connectivity index (χ4v) is 4.40. The standard InChI is InChI=1S/C21H25FN8O.C2HF3O2/c1-13-25-18-10-15(22)16(11-30(18)27-13)26-20(31)29-8-5-14-17(4-6-23-19(14)29)28-9-7-24-21(2,3)12-28;3-2(4,5)1(6)7/h4,6,10-11,24H,5,7-9,12H2,1-3H3,(H,26,31);(H,6,7). The maximum absolute atomic E-state index is 14.5. The molecule has 2 amide bonds. The zero-order valence-electron chi connectivity index (χ0n) is 20.8. The number of carboxylic acids is 1. The average molecular weight is 539 g/mol. The molecule has 38 heavy (non-hydrogen) atoms. The number of rotatable bonds is 2. The van der Waals surface area contributed by atoms with Crippen LogP contribution in [0.3, 0.4) is 0 Å². The van der Waals surface area contributed by atoms with Gasteiger partial charge in [0.2, 0.25) is 0 Å². The van der Waals surface area contributed by atoms with Gasteiger partial charge in [0.05, 0.1) is 11.9 Å². The molecule has 1 saturated heterocycles. The first-order valence-electron chi connectivity index (χ1n) is 11.6. The van der Waals surface area contributed by atoms with E-state index < -0.39 is 24.0 Å². The highest BCUT2D eigenvalue weighted by Crippen LogP contribution is 2.35. The normalized spacial score (nSPS) is 16.6. The SMILES string of the molecule is Cc1nc2cc(F)c(NC(=O)N3CCc4c(N5CCNC(C)(C)C5)ccnc43)cn2n1.O=C(O)C(F)(F)F. The van der Waals surface area contributed by atoms with E-state index in [0.29, 0.717) is 30.3 Å². The van der Waals surface area contributed by atoms with E-state index >= 15 is 0 Å². The zero-order chi connectivity index (χ0) is 27.8. The number of amides is 2. The van der Waals surface area contributed by atoms with Crippen molar-refractivity contribution in [3.8, 4) is 0 Å². The van der Waals surface area contributed by atoms with Crippen LogP contribution in [-0.2, 0) is 11.2 Å². The highest BCUT2D eigenvalue weighted by molar-refractivity contribution is 6.03. The monoisotopic (exact) mass is 538 g/mol. The van der Waals surface area contributed by atoms with Gasteiger partial charge in [-0.3, -0.25) is 4.90 Å². The number of aromatic nitrogens is 4. The molecule has 2 aliphatic heterocycles. The van der Waals surface area contributed by atoms with Gasteiger partial charge in [0, 0.05) is 55.2 Å². The lowest BCUT2D eigenvalue weighted by Crippen LogP contribution is -2.57. The molecule has 2 aliphatic rings. The Balaban J connectivity index is 0.000000426. The van der Waals surface area contributed by atoms with E-state index in [0.717, 1.165) is 30.9 Å². The van der Waals surface area contributed by atoms with Gasteiger partial charge in [-0.25, -0.2) is 28.5 Å². The lowest BCUT2D eigenvalue weighted by Gasteiger charge is -2.41. The minimum absolute atomic E-state index is 0.0138. The third-order valence-corrected chi connectivity index (χ3v) is 6.02. The predicted octanol–water partition coefficient (Wildman–Crippen LogP) is 2.99. The van der Waals surface area contributed by atoms with Gasteiger partial charge in [-0.15, -0.1) is 0 Å². The van der Waals surface area contributed by atoms with Crippen molar-refractivity contribution in [1.82, 2.24) is 24.9 Å². The molecular formula is C23H26F4N8O3. The number of carbonyl (C=O) groups excluding carboxylic acids is 1. The molecule has 0 atom stereocenters. The summed E-state index contributed by atoms with van der Waals surface area (Å²) in [5.41, 5.74) is 2.62. The Kier molecular flexibility index (Phi) is 7.14. The number of aryl methyl sites for hydroxylation is 1. The fourth-order valence-electron chi connectivity index (χ4n) is 4.40. The van der Waals surface area contributed by atoms with Gasteiger partial charge in [0.15, 0.2) is 11.5 Å². The number of halogens is 4. The van der Waals surface area contributed by atoms with Crippen molar-refractivity contribution in [2.75, 3.05) is 41.3 Å². The van der Waals surface area contributed by atoms with Crippen molar-refractivity contribution >= 4 is 34.8 Å². The summed E-state index contributed by atoms with van der Waals surface area (Å²) >= 11 is 0. The number of nitrogens with zero attached hydrogens (tertiary/aromatic N) is 6. The van der Waals surface area contributed by atoms with Crippen LogP contribution in [0, 0.1) is 12.7 Å². The highest BCUT2D eigenvalue weighted by Gasteiger charge is 2.38. The summed E-state index contributed by atoms with van der Waals surface area (Å²) in [7, 11) is 0. The fraction of sp³-hybridized carbons (Fsp3) is 0.435. The molecule has 0 aliphatic carbocycles. The van der Waals surface area contributed by atoms with Gasteiger partial charge in [0.25, 0.3) is 0 Å². The number of hydrogen-bond donors (Lipinski definition) is 3. The third kappa shape index (κ3) is 5.77. The van der Waals surface area contributed by atoms with Crippen LogP contribution in [0.25, 0.3) is 5.65 Å². The molecule has 1 fully saturated rings. The Morgan fingerprint density at radius 2 is 1.95 bits per heavy atom. The van der Waals surface area contributed by atoms with Crippen LogP contribution in [0.5, 0.6) is 0 Å². The van der Waals surface area contributed by atoms with Crippen LogP contribution in [0.2, 0.25) is 0 Å². The van der Waals surface area contributed by atoms with Gasteiger partial charge < -0.3 is 20.6 Å². The summed E-state index contributed by atoms with van der Waals surface area (Å²) < 4.78 is 47.7. The van der Waals surface area contributed by atoms with Crippen molar-refractivity contribution < 1.29 is 32.3 Å². The quantitative estimate of drug-likeness (QED) is 0.425. The average Bonchev–Trinajstić information content (AvgIpc) is 3.40. The van der Waals surface area contributed by atoms with Crippen LogP contribution in [0.4, 0.5) is 39.5 Å². The Labute approximate surface area is 214 Å². The van der Waals surface area contributed by atoms with Gasteiger partial charge in [-0.05, 0) is 33.3 Å². The summed E-state index contributed by atoms with van der Waals surface area (Å²) in [5, 5.41) is 17.5. The molecule has 204 valence electrons. The largest absolute Gasteiger partial charge is 0.490 e. The number of pyridine rings is 2. The van der Waals surface area contributed by atoms with Crippen LogP contribution in [0.15, 0.2) is 24.5 Å². The molecule has 0 saturated carbocycles. The maximum atomic E-state index is 14.5. The molecule has 0 bridgehead atoms. The summed E-state index contributed by atoms with van der Waals surface area (Å²) in [6, 6.07) is 2.86. The van der Waals surface area contributed by atoms with Crippen LogP contribution in [0.1, 0.15) is 25.2 Å². The number of alkyl halides is 3. The number of aliphatic carboxylic acids is 1. The van der Waals surface area contributed by atoms with E-state index in [2.05, 4.69) is 44.4 Å². The number of nitrogens with one attached hydrogen (secondary N) is 2. The molecule has 0 aromatic carbocycles. The lowest BCUT2D eigenvalue weighted by atomic mass is 10.0. The number of carboxylic acid groups (broad SMARTS) is 1. The van der Waals surface area contributed by atoms with Gasteiger partial charge in [-0.1, -0.05) is 0 Å². The molecule has 3 N–H and O–H groups in total. The minimum Gasteiger partial charge on any atom is -0.475 e. The Morgan fingerprint density at radius 3 is 2.61 bits per heavy atom. The highest BCUT2D eigenvalue weighted by atomic mass is 19.4. The van der Waals surface area contributed by atoms with E-state index in [1.807, 2.05) is 6.07 Å². The second kappa shape index (κ2) is 10.0. The van der Waals surface area contributed by atoms with E-state index in [1.54, 1.807) is 18.0 Å². The van der Waals surface area contributed by atoms with E-state index in [1.165, 1.54) is 16.8 Å². The van der Waals surface area contributed by atoms with E-state index in [-0.39, 0.29) is 11.2 Å². The molecule has 15 heteroatoms. The van der Waals surface area contributed by atoms with E-state index in [9.17, 15) is 22.4 Å². The van der Waals surface area contributed by atoms with Gasteiger partial charge >= 0.3 is 18.2 Å². The first-order valence-corrected chi connectivity index (χ1v) is 11.6. The number of anilines is 3. The second-order valence-corrected chi connectivity index (χ2v) is 9.50. The van der Waals surface area contributed by atoms with Crippen LogP contribution < -0.4 is 20.4 Å². The molecule has 0 unspecified atom stereocenters. The number of fused-ring (bicyclic) bond motifs is 2. The summed E-state index contributed by atoms with van der Waals surface area (Å²) in [6.07, 6.45) is -1.20. The number of urea groups is 1. The van der Waals surface area contributed by atoms with Crippen molar-refractivity contribution in [3.63, 3.8) is 0 Å². The molecule has 5 rings (SSSR count). The molecule has 0 radical (unpaired) electrons. The first kappa shape index (κ1) is 27.0. The third-order valence-electron chi connectivity index (χ3n) is 6.02. The Hall–Kier alpha value is -4.01. The molecule has 3 aromatic heterocycles. The Bertz CT molecular complexity index is 1370. The number of piperazine rings is 1. The van der Waals surface area contributed by atoms with Crippen molar-refractivity contribution in [2.24, 2.45) is 0 Å². The smallest absolute Gasteiger partial charge is 0.475 e. The summed E-state index contributed by atoms with van der Waals surface area (Å²) in [4.78, 5) is 34.4. The second-order valence-electron chi connectivity index (χ2n) is 9.50. The van der Waals surface area contributed by atoms with Crippen molar-refractivity contribution in [3.05, 3.63) is 41.7 Å². The van der Waals surface area contributed by atoms with E-state index in [4.69, 9.17) is 9.90 Å². The maximum Gasteiger partial charge on any atom is 0.490 e. The Morgan fingerprint density at radius 1 is 1.24 bits per heavy atom. The molecule has 11 nitrogen and oxygen atoms in total. The van der Waals surface area contributed by atoms with Crippen LogP contribution in [-0.4, -0.2) is 74.6 Å². The van der Waals surface area contributed by atoms with Gasteiger partial charge in [0.1, 0.15) is 11.6 Å². The van der Waals surface area contributed by atoms with Gasteiger partial charge in [-0.2, -0.15) is 18.3 Å². The van der Waals surface area contributed by atoms with Crippen molar-refractivity contribution in [2.45, 2.75) is 38.9 Å². The van der Waals surface area contributed by atoms with Crippen molar-refractivity contribution in [1.29, 1.82) is 0 Å². The minimum atomic E-state index is -5.08. The lowest BCUT2D eigenvalue weighted by molar-refractivity contribution is -0.192. The number of carbonyl (C=O) groups is 2. The first-order chi connectivity index (χ1) is 17.7. The predicted molar refractivity (Wildman–Crippen MR) is 130 cm³/mol. The molecule has 3 aromatic rings.